The fourth-order valence-electron chi connectivity index (χ4n) is 2.95. The molecule has 0 heterocycles. The third-order valence-corrected chi connectivity index (χ3v) is 4.47. The molecular formula is C24H24O4. The van der Waals surface area contributed by atoms with Crippen molar-refractivity contribution in [2.24, 2.45) is 0 Å². The molecule has 0 aliphatic carbocycles. The van der Waals surface area contributed by atoms with Crippen LogP contribution in [0.4, 0.5) is 0 Å². The highest BCUT2D eigenvalue weighted by molar-refractivity contribution is 5.78. The summed E-state index contributed by atoms with van der Waals surface area (Å²) >= 11 is 0. The zero-order valence-corrected chi connectivity index (χ0v) is 16.1. The SMILES string of the molecule is CCC(C(=O)OCc1cccc(Oc2ccccc2)c1)c1ccc(OC)cc1. The van der Waals surface area contributed by atoms with E-state index in [1.54, 1.807) is 7.11 Å². The van der Waals surface area contributed by atoms with E-state index in [-0.39, 0.29) is 18.5 Å². The minimum atomic E-state index is -0.297. The molecule has 0 saturated carbocycles. The lowest BCUT2D eigenvalue weighted by Gasteiger charge is -2.15. The molecule has 3 aromatic carbocycles. The lowest BCUT2D eigenvalue weighted by atomic mass is 9.96. The van der Waals surface area contributed by atoms with Crippen LogP contribution in [0.25, 0.3) is 0 Å². The fraction of sp³-hybridized carbons (Fsp3) is 0.208. The number of rotatable bonds is 8. The molecule has 0 aromatic heterocycles. The van der Waals surface area contributed by atoms with Crippen LogP contribution in [-0.4, -0.2) is 13.1 Å². The van der Waals surface area contributed by atoms with Gasteiger partial charge in [0.15, 0.2) is 0 Å². The first-order valence-electron chi connectivity index (χ1n) is 9.32. The molecule has 0 spiro atoms. The van der Waals surface area contributed by atoms with Crippen molar-refractivity contribution in [3.05, 3.63) is 90.0 Å². The summed E-state index contributed by atoms with van der Waals surface area (Å²) in [4.78, 5) is 12.6. The zero-order valence-electron chi connectivity index (χ0n) is 16.1. The predicted molar refractivity (Wildman–Crippen MR) is 109 cm³/mol. The Bertz CT molecular complexity index is 888. The summed E-state index contributed by atoms with van der Waals surface area (Å²) in [6, 6.07) is 24.7. The van der Waals surface area contributed by atoms with E-state index in [1.807, 2.05) is 85.8 Å². The Morgan fingerprint density at radius 3 is 2.25 bits per heavy atom. The first kappa shape index (κ1) is 19.5. The Morgan fingerprint density at radius 2 is 1.57 bits per heavy atom. The molecular weight excluding hydrogens is 352 g/mol. The van der Waals surface area contributed by atoms with Gasteiger partial charge in [-0.15, -0.1) is 0 Å². The third-order valence-electron chi connectivity index (χ3n) is 4.47. The molecule has 0 amide bonds. The average molecular weight is 376 g/mol. The van der Waals surface area contributed by atoms with Gasteiger partial charge >= 0.3 is 5.97 Å². The van der Waals surface area contributed by atoms with Gasteiger partial charge < -0.3 is 14.2 Å². The standard InChI is InChI=1S/C24H24O4/c1-3-23(19-12-14-20(26-2)15-13-19)24(25)27-17-18-8-7-11-22(16-18)28-21-9-5-4-6-10-21/h4-16,23H,3,17H2,1-2H3. The second-order valence-corrected chi connectivity index (χ2v) is 6.40. The van der Waals surface area contributed by atoms with Crippen molar-refractivity contribution in [2.45, 2.75) is 25.9 Å². The van der Waals surface area contributed by atoms with Crippen molar-refractivity contribution in [2.75, 3.05) is 7.11 Å². The molecule has 1 atom stereocenters. The van der Waals surface area contributed by atoms with E-state index in [2.05, 4.69) is 0 Å². The summed E-state index contributed by atoms with van der Waals surface area (Å²) in [5, 5.41) is 0. The van der Waals surface area contributed by atoms with Crippen molar-refractivity contribution in [1.82, 2.24) is 0 Å². The third kappa shape index (κ3) is 5.13. The fourth-order valence-corrected chi connectivity index (χ4v) is 2.95. The van der Waals surface area contributed by atoms with Gasteiger partial charge in [0.25, 0.3) is 0 Å². The minimum absolute atomic E-state index is 0.206. The molecule has 1 unspecified atom stereocenters. The smallest absolute Gasteiger partial charge is 0.313 e. The molecule has 0 fully saturated rings. The highest BCUT2D eigenvalue weighted by Gasteiger charge is 2.20. The lowest BCUT2D eigenvalue weighted by molar-refractivity contribution is -0.146. The van der Waals surface area contributed by atoms with Crippen molar-refractivity contribution in [1.29, 1.82) is 0 Å². The number of benzene rings is 3. The molecule has 0 aliphatic rings. The Balaban J connectivity index is 1.62. The van der Waals surface area contributed by atoms with Gasteiger partial charge in [0.2, 0.25) is 0 Å². The van der Waals surface area contributed by atoms with Crippen molar-refractivity contribution in [3.63, 3.8) is 0 Å². The molecule has 4 nitrogen and oxygen atoms in total. The second-order valence-electron chi connectivity index (χ2n) is 6.40. The van der Waals surface area contributed by atoms with Crippen molar-refractivity contribution >= 4 is 5.97 Å². The average Bonchev–Trinajstić information content (AvgIpc) is 2.74. The van der Waals surface area contributed by atoms with Crippen LogP contribution in [0.2, 0.25) is 0 Å². The number of carbonyl (C=O) groups excluding carboxylic acids is 1. The van der Waals surface area contributed by atoms with E-state index >= 15 is 0 Å². The minimum Gasteiger partial charge on any atom is -0.497 e. The van der Waals surface area contributed by atoms with Gasteiger partial charge in [0.1, 0.15) is 23.9 Å². The number of methoxy groups -OCH3 is 1. The number of ether oxygens (including phenoxy) is 3. The van der Waals surface area contributed by atoms with E-state index in [0.717, 1.165) is 22.6 Å². The second kappa shape index (κ2) is 9.60. The highest BCUT2D eigenvalue weighted by Crippen LogP contribution is 2.25. The molecule has 144 valence electrons. The summed E-state index contributed by atoms with van der Waals surface area (Å²) in [6.07, 6.45) is 0.669. The number of hydrogen-bond acceptors (Lipinski definition) is 4. The van der Waals surface area contributed by atoms with Crippen LogP contribution >= 0.6 is 0 Å². The van der Waals surface area contributed by atoms with Crippen LogP contribution in [0, 0.1) is 0 Å². The van der Waals surface area contributed by atoms with Crippen LogP contribution in [0.15, 0.2) is 78.9 Å². The number of para-hydroxylation sites is 1. The maximum absolute atomic E-state index is 12.6. The van der Waals surface area contributed by atoms with Gasteiger partial charge in [-0.1, -0.05) is 49.4 Å². The number of esters is 1. The number of carbonyl (C=O) groups is 1. The van der Waals surface area contributed by atoms with Crippen LogP contribution in [0.3, 0.4) is 0 Å². The van der Waals surface area contributed by atoms with Crippen molar-refractivity contribution < 1.29 is 19.0 Å². The van der Waals surface area contributed by atoms with Crippen LogP contribution in [-0.2, 0) is 16.1 Å². The first-order chi connectivity index (χ1) is 13.7. The molecule has 3 aromatic rings. The summed E-state index contributed by atoms with van der Waals surface area (Å²) in [6.45, 7) is 2.18. The maximum Gasteiger partial charge on any atom is 0.313 e. The van der Waals surface area contributed by atoms with Gasteiger partial charge in [-0.2, -0.15) is 0 Å². The van der Waals surface area contributed by atoms with Crippen LogP contribution in [0.5, 0.6) is 17.2 Å². The van der Waals surface area contributed by atoms with E-state index in [0.29, 0.717) is 12.2 Å². The predicted octanol–water partition coefficient (Wildman–Crippen LogP) is 5.72. The molecule has 3 rings (SSSR count). The molecule has 28 heavy (non-hydrogen) atoms. The first-order valence-corrected chi connectivity index (χ1v) is 9.32. The van der Waals surface area contributed by atoms with Gasteiger partial charge in [-0.3, -0.25) is 4.79 Å². The summed E-state index contributed by atoms with van der Waals surface area (Å²) in [7, 11) is 1.62. The molecule has 4 heteroatoms. The normalized spacial score (nSPS) is 11.5. The molecule has 0 N–H and O–H groups in total. The maximum atomic E-state index is 12.6. The lowest BCUT2D eigenvalue weighted by Crippen LogP contribution is -2.15. The summed E-state index contributed by atoms with van der Waals surface area (Å²) < 4.78 is 16.6. The molecule has 0 radical (unpaired) electrons. The summed E-state index contributed by atoms with van der Waals surface area (Å²) in [5.74, 6) is 1.71. The summed E-state index contributed by atoms with van der Waals surface area (Å²) in [5.41, 5.74) is 1.81. The largest absolute Gasteiger partial charge is 0.497 e. The monoisotopic (exact) mass is 376 g/mol. The van der Waals surface area contributed by atoms with E-state index in [4.69, 9.17) is 14.2 Å². The number of hydrogen-bond donors (Lipinski definition) is 0. The van der Waals surface area contributed by atoms with Gasteiger partial charge in [0.05, 0.1) is 13.0 Å². The van der Waals surface area contributed by atoms with Crippen molar-refractivity contribution in [3.8, 4) is 17.2 Å². The van der Waals surface area contributed by atoms with E-state index in [9.17, 15) is 4.79 Å². The van der Waals surface area contributed by atoms with E-state index in [1.165, 1.54) is 0 Å². The Hall–Kier alpha value is -3.27. The Labute approximate surface area is 165 Å². The Morgan fingerprint density at radius 1 is 0.857 bits per heavy atom. The Kier molecular flexibility index (Phi) is 6.68. The zero-order chi connectivity index (χ0) is 19.8. The van der Waals surface area contributed by atoms with Gasteiger partial charge in [-0.25, -0.2) is 0 Å². The van der Waals surface area contributed by atoms with Gasteiger partial charge in [0, 0.05) is 0 Å². The van der Waals surface area contributed by atoms with Crippen LogP contribution in [0.1, 0.15) is 30.4 Å². The van der Waals surface area contributed by atoms with E-state index < -0.39 is 0 Å². The van der Waals surface area contributed by atoms with Gasteiger partial charge in [-0.05, 0) is 53.9 Å². The van der Waals surface area contributed by atoms with Crippen LogP contribution < -0.4 is 9.47 Å². The quantitative estimate of drug-likeness (QED) is 0.471. The molecule has 0 bridgehead atoms. The highest BCUT2D eigenvalue weighted by atomic mass is 16.5. The molecule has 0 aliphatic heterocycles. The topological polar surface area (TPSA) is 44.8 Å². The molecule has 0 saturated heterocycles.